The Hall–Kier alpha value is -1.72. The van der Waals surface area contributed by atoms with Gasteiger partial charge in [-0.15, -0.1) is 13.2 Å². The first-order valence-electron chi connectivity index (χ1n) is 4.84. The molecule has 3 nitrogen and oxygen atoms in total. The highest BCUT2D eigenvalue weighted by atomic mass is 19.4. The Labute approximate surface area is 96.1 Å². The lowest BCUT2D eigenvalue weighted by Gasteiger charge is -2.12. The van der Waals surface area contributed by atoms with Gasteiger partial charge in [0.15, 0.2) is 5.78 Å². The van der Waals surface area contributed by atoms with Crippen molar-refractivity contribution in [3.63, 3.8) is 0 Å². The fourth-order valence-electron chi connectivity index (χ4n) is 1.29. The number of ketones is 1. The van der Waals surface area contributed by atoms with E-state index in [-0.39, 0.29) is 23.5 Å². The molecule has 0 aliphatic carbocycles. The fraction of sp³-hybridized carbons (Fsp3) is 0.364. The quantitative estimate of drug-likeness (QED) is 0.767. The first kappa shape index (κ1) is 13.3. The van der Waals surface area contributed by atoms with Gasteiger partial charge in [-0.3, -0.25) is 4.79 Å². The van der Waals surface area contributed by atoms with Gasteiger partial charge in [0.1, 0.15) is 11.5 Å². The monoisotopic (exact) mass is 248 g/mol. The summed E-state index contributed by atoms with van der Waals surface area (Å²) in [6.07, 6.45) is -4.60. The predicted molar refractivity (Wildman–Crippen MR) is 54.3 cm³/mol. The molecule has 0 saturated heterocycles. The summed E-state index contributed by atoms with van der Waals surface area (Å²) >= 11 is 0. The second kappa shape index (κ2) is 5.07. The third kappa shape index (κ3) is 3.65. The molecular weight excluding hydrogens is 237 g/mol. The zero-order valence-electron chi connectivity index (χ0n) is 9.30. The number of methoxy groups -OCH3 is 1. The fourth-order valence-corrected chi connectivity index (χ4v) is 1.29. The molecule has 0 atom stereocenters. The van der Waals surface area contributed by atoms with Gasteiger partial charge in [-0.05, 0) is 18.2 Å². The van der Waals surface area contributed by atoms with Gasteiger partial charge >= 0.3 is 6.36 Å². The molecule has 0 unspecified atom stereocenters. The molecule has 0 aromatic heterocycles. The Kier molecular flexibility index (Phi) is 3.98. The molecule has 0 amide bonds. The normalized spacial score (nSPS) is 11.1. The summed E-state index contributed by atoms with van der Waals surface area (Å²) in [7, 11) is 1.34. The first-order valence-corrected chi connectivity index (χ1v) is 4.84. The van der Waals surface area contributed by atoms with Crippen molar-refractivity contribution in [2.45, 2.75) is 19.7 Å². The van der Waals surface area contributed by atoms with Crippen LogP contribution in [0.4, 0.5) is 13.2 Å². The van der Waals surface area contributed by atoms with Crippen LogP contribution in [0.25, 0.3) is 0 Å². The van der Waals surface area contributed by atoms with Gasteiger partial charge in [0.05, 0.1) is 12.7 Å². The predicted octanol–water partition coefficient (Wildman–Crippen LogP) is 3.19. The van der Waals surface area contributed by atoms with Crippen LogP contribution in [-0.2, 0) is 0 Å². The molecule has 17 heavy (non-hydrogen) atoms. The SMILES string of the molecule is CCC(=O)c1cc(OC(F)(F)F)ccc1OC. The number of halogens is 3. The molecule has 0 bridgehead atoms. The van der Waals surface area contributed by atoms with E-state index in [1.807, 2.05) is 0 Å². The molecular formula is C11H11F3O3. The highest BCUT2D eigenvalue weighted by molar-refractivity contribution is 5.98. The van der Waals surface area contributed by atoms with E-state index in [1.165, 1.54) is 13.2 Å². The molecule has 0 heterocycles. The zero-order valence-corrected chi connectivity index (χ0v) is 9.30. The zero-order chi connectivity index (χ0) is 13.1. The summed E-state index contributed by atoms with van der Waals surface area (Å²) in [5.41, 5.74) is 0.0803. The minimum absolute atomic E-state index is 0.0803. The Morgan fingerprint density at radius 1 is 1.35 bits per heavy atom. The summed E-state index contributed by atoms with van der Waals surface area (Å²) < 4.78 is 44.6. The number of Topliss-reactive ketones (excluding diaryl/α,β-unsaturated/α-hetero) is 1. The summed E-state index contributed by atoms with van der Waals surface area (Å²) in [6.45, 7) is 1.61. The maximum absolute atomic E-state index is 12.0. The van der Waals surface area contributed by atoms with Gasteiger partial charge in [0, 0.05) is 6.42 Å². The minimum atomic E-state index is -4.78. The van der Waals surface area contributed by atoms with Gasteiger partial charge in [0.2, 0.25) is 0 Å². The number of rotatable bonds is 4. The van der Waals surface area contributed by atoms with Crippen molar-refractivity contribution in [2.24, 2.45) is 0 Å². The highest BCUT2D eigenvalue weighted by Crippen LogP contribution is 2.29. The largest absolute Gasteiger partial charge is 0.573 e. The van der Waals surface area contributed by atoms with Crippen LogP contribution >= 0.6 is 0 Å². The molecule has 1 aromatic carbocycles. The Morgan fingerprint density at radius 2 is 2.00 bits per heavy atom. The van der Waals surface area contributed by atoms with E-state index in [9.17, 15) is 18.0 Å². The summed E-state index contributed by atoms with van der Waals surface area (Å²) in [5, 5.41) is 0. The van der Waals surface area contributed by atoms with Crippen molar-refractivity contribution >= 4 is 5.78 Å². The number of hydrogen-bond donors (Lipinski definition) is 0. The molecule has 0 radical (unpaired) electrons. The molecule has 0 spiro atoms. The number of carbonyl (C=O) groups excluding carboxylic acids is 1. The maximum atomic E-state index is 12.0. The van der Waals surface area contributed by atoms with Gasteiger partial charge in [-0.25, -0.2) is 0 Å². The van der Waals surface area contributed by atoms with E-state index in [0.29, 0.717) is 0 Å². The lowest BCUT2D eigenvalue weighted by atomic mass is 10.1. The van der Waals surface area contributed by atoms with E-state index in [0.717, 1.165) is 12.1 Å². The van der Waals surface area contributed by atoms with Crippen LogP contribution in [0.5, 0.6) is 11.5 Å². The third-order valence-corrected chi connectivity index (χ3v) is 2.03. The van der Waals surface area contributed by atoms with Gasteiger partial charge in [-0.1, -0.05) is 6.92 Å². The van der Waals surface area contributed by atoms with E-state index >= 15 is 0 Å². The van der Waals surface area contributed by atoms with Crippen molar-refractivity contribution in [2.75, 3.05) is 7.11 Å². The average molecular weight is 248 g/mol. The van der Waals surface area contributed by atoms with Crippen molar-refractivity contribution in [1.82, 2.24) is 0 Å². The van der Waals surface area contributed by atoms with Crippen LogP contribution in [0.2, 0.25) is 0 Å². The Balaban J connectivity index is 3.09. The molecule has 1 rings (SSSR count). The molecule has 0 aliphatic heterocycles. The maximum Gasteiger partial charge on any atom is 0.573 e. The summed E-state index contributed by atoms with van der Waals surface area (Å²) in [4.78, 5) is 11.5. The number of benzene rings is 1. The van der Waals surface area contributed by atoms with E-state index in [2.05, 4.69) is 4.74 Å². The number of alkyl halides is 3. The molecule has 1 aromatic rings. The van der Waals surface area contributed by atoms with Gasteiger partial charge in [-0.2, -0.15) is 0 Å². The van der Waals surface area contributed by atoms with E-state index in [4.69, 9.17) is 4.74 Å². The van der Waals surface area contributed by atoms with Crippen molar-refractivity contribution in [3.05, 3.63) is 23.8 Å². The molecule has 0 N–H and O–H groups in total. The van der Waals surface area contributed by atoms with Crippen LogP contribution in [-0.4, -0.2) is 19.3 Å². The Morgan fingerprint density at radius 3 is 2.47 bits per heavy atom. The van der Waals surface area contributed by atoms with Crippen LogP contribution in [0, 0.1) is 0 Å². The topological polar surface area (TPSA) is 35.5 Å². The van der Waals surface area contributed by atoms with Crippen LogP contribution in [0.1, 0.15) is 23.7 Å². The average Bonchev–Trinajstić information content (AvgIpc) is 2.25. The van der Waals surface area contributed by atoms with E-state index in [1.54, 1.807) is 6.92 Å². The lowest BCUT2D eigenvalue weighted by Crippen LogP contribution is -2.17. The number of ether oxygens (including phenoxy) is 2. The summed E-state index contributed by atoms with van der Waals surface area (Å²) in [5.74, 6) is -0.518. The molecule has 94 valence electrons. The molecule has 0 aliphatic rings. The Bertz CT molecular complexity index is 413. The minimum Gasteiger partial charge on any atom is -0.496 e. The second-order valence-corrected chi connectivity index (χ2v) is 3.19. The molecule has 0 fully saturated rings. The van der Waals surface area contributed by atoms with Crippen LogP contribution in [0.15, 0.2) is 18.2 Å². The van der Waals surface area contributed by atoms with Crippen LogP contribution < -0.4 is 9.47 Å². The van der Waals surface area contributed by atoms with Crippen molar-refractivity contribution in [1.29, 1.82) is 0 Å². The van der Waals surface area contributed by atoms with Gasteiger partial charge in [0.25, 0.3) is 0 Å². The highest BCUT2D eigenvalue weighted by Gasteiger charge is 2.31. The first-order chi connectivity index (χ1) is 7.87. The number of carbonyl (C=O) groups is 1. The second-order valence-electron chi connectivity index (χ2n) is 3.19. The van der Waals surface area contributed by atoms with Gasteiger partial charge < -0.3 is 9.47 Å². The lowest BCUT2D eigenvalue weighted by molar-refractivity contribution is -0.274. The van der Waals surface area contributed by atoms with E-state index < -0.39 is 12.1 Å². The molecule has 6 heteroatoms. The number of hydrogen-bond acceptors (Lipinski definition) is 3. The molecule has 0 saturated carbocycles. The van der Waals surface area contributed by atoms with Crippen LogP contribution in [0.3, 0.4) is 0 Å². The third-order valence-electron chi connectivity index (χ3n) is 2.03. The van der Waals surface area contributed by atoms with Crippen molar-refractivity contribution in [3.8, 4) is 11.5 Å². The summed E-state index contributed by atoms with van der Waals surface area (Å²) in [6, 6.07) is 3.39. The standard InChI is InChI=1S/C11H11F3O3/c1-3-9(15)8-6-7(17-11(12,13)14)4-5-10(8)16-2/h4-6H,3H2,1-2H3. The van der Waals surface area contributed by atoms with Crippen molar-refractivity contribution < 1.29 is 27.4 Å². The smallest absolute Gasteiger partial charge is 0.496 e.